The summed E-state index contributed by atoms with van der Waals surface area (Å²) in [6.07, 6.45) is 0. The fourth-order valence-electron chi connectivity index (χ4n) is 1.56. The number of nitrogens with zero attached hydrogens (tertiary/aromatic N) is 1. The van der Waals surface area contributed by atoms with E-state index in [4.69, 9.17) is 0 Å². The summed E-state index contributed by atoms with van der Waals surface area (Å²) in [6.45, 7) is 0. The minimum Gasteiger partial charge on any atom is -0.376 e. The van der Waals surface area contributed by atoms with Crippen LogP contribution in [0.1, 0.15) is 9.67 Å². The number of para-hydroxylation sites is 2. The lowest BCUT2D eigenvalue weighted by Crippen LogP contribution is -2.15. The van der Waals surface area contributed by atoms with Crippen molar-refractivity contribution in [3.8, 4) is 0 Å². The van der Waals surface area contributed by atoms with E-state index in [9.17, 15) is 4.79 Å². The van der Waals surface area contributed by atoms with Crippen molar-refractivity contribution in [2.24, 2.45) is 0 Å². The Balaban J connectivity index is 2.22. The lowest BCUT2D eigenvalue weighted by atomic mass is 10.2. The molecular weight excluding hydrogens is 232 g/mol. The summed E-state index contributed by atoms with van der Waals surface area (Å²) in [5, 5.41) is 4.82. The molecule has 0 spiro atoms. The van der Waals surface area contributed by atoms with Crippen LogP contribution in [0.25, 0.3) is 0 Å². The third kappa shape index (κ3) is 2.65. The quantitative estimate of drug-likeness (QED) is 0.902. The zero-order valence-electron chi connectivity index (χ0n) is 9.81. The van der Waals surface area contributed by atoms with E-state index in [1.807, 2.05) is 60.8 Å². The number of thiophene rings is 1. The van der Waals surface area contributed by atoms with Crippen molar-refractivity contribution in [1.29, 1.82) is 0 Å². The van der Waals surface area contributed by atoms with Crippen LogP contribution in [0.4, 0.5) is 11.4 Å². The van der Waals surface area contributed by atoms with Crippen molar-refractivity contribution in [1.82, 2.24) is 0 Å². The molecule has 2 aromatic rings. The molecule has 0 aliphatic heterocycles. The Bertz CT molecular complexity index is 506. The van der Waals surface area contributed by atoms with Crippen LogP contribution >= 0.6 is 11.3 Å². The molecule has 1 heterocycles. The highest BCUT2D eigenvalue weighted by Gasteiger charge is 2.10. The van der Waals surface area contributed by atoms with Gasteiger partial charge in [0.05, 0.1) is 16.3 Å². The highest BCUT2D eigenvalue weighted by atomic mass is 32.1. The Morgan fingerprint density at radius 1 is 1.18 bits per heavy atom. The minimum atomic E-state index is -0.0608. The van der Waals surface area contributed by atoms with Crippen molar-refractivity contribution in [2.75, 3.05) is 24.3 Å². The number of benzene rings is 1. The molecular formula is C13H14N2OS. The zero-order chi connectivity index (χ0) is 12.3. The average Bonchev–Trinajstić information content (AvgIpc) is 2.83. The van der Waals surface area contributed by atoms with Crippen LogP contribution in [0, 0.1) is 0 Å². The second kappa shape index (κ2) is 5.01. The lowest BCUT2D eigenvalue weighted by Gasteiger charge is -2.17. The van der Waals surface area contributed by atoms with E-state index in [0.717, 1.165) is 16.3 Å². The van der Waals surface area contributed by atoms with Crippen LogP contribution in [-0.4, -0.2) is 20.0 Å². The van der Waals surface area contributed by atoms with Gasteiger partial charge in [-0.05, 0) is 23.6 Å². The predicted molar refractivity (Wildman–Crippen MR) is 73.0 cm³/mol. The number of nitrogens with one attached hydrogen (secondary N) is 1. The smallest absolute Gasteiger partial charge is 0.265 e. The van der Waals surface area contributed by atoms with E-state index in [-0.39, 0.29) is 5.91 Å². The third-order valence-electron chi connectivity index (χ3n) is 2.38. The second-order valence-corrected chi connectivity index (χ2v) is 4.79. The standard InChI is InChI=1S/C13H14N2OS/c1-15(2)11-7-4-3-6-10(11)14-13(16)12-8-5-9-17-12/h3-9H,1-2H3,(H,14,16). The molecule has 88 valence electrons. The van der Waals surface area contributed by atoms with E-state index in [1.54, 1.807) is 0 Å². The molecule has 17 heavy (non-hydrogen) atoms. The van der Waals surface area contributed by atoms with Crippen molar-refractivity contribution < 1.29 is 4.79 Å². The van der Waals surface area contributed by atoms with Crippen LogP contribution < -0.4 is 10.2 Å². The molecule has 0 radical (unpaired) electrons. The molecule has 0 aliphatic rings. The molecule has 3 nitrogen and oxygen atoms in total. The summed E-state index contributed by atoms with van der Waals surface area (Å²) < 4.78 is 0. The summed E-state index contributed by atoms with van der Waals surface area (Å²) in [5.41, 5.74) is 1.83. The first-order valence-corrected chi connectivity index (χ1v) is 6.17. The van der Waals surface area contributed by atoms with Gasteiger partial charge in [0.15, 0.2) is 0 Å². The maximum atomic E-state index is 11.9. The number of rotatable bonds is 3. The number of amides is 1. The van der Waals surface area contributed by atoms with Gasteiger partial charge >= 0.3 is 0 Å². The van der Waals surface area contributed by atoms with Crippen LogP contribution in [0.3, 0.4) is 0 Å². The van der Waals surface area contributed by atoms with Gasteiger partial charge in [0.25, 0.3) is 5.91 Å². The molecule has 1 amide bonds. The van der Waals surface area contributed by atoms with Crippen LogP contribution in [-0.2, 0) is 0 Å². The molecule has 1 aromatic heterocycles. The minimum absolute atomic E-state index is 0.0608. The van der Waals surface area contributed by atoms with Crippen LogP contribution in [0.5, 0.6) is 0 Å². The predicted octanol–water partition coefficient (Wildman–Crippen LogP) is 3.07. The van der Waals surface area contributed by atoms with Gasteiger partial charge in [-0.1, -0.05) is 18.2 Å². The molecule has 0 fully saturated rings. The SMILES string of the molecule is CN(C)c1ccccc1NC(=O)c1cccs1. The van der Waals surface area contributed by atoms with Gasteiger partial charge in [0.1, 0.15) is 0 Å². The number of anilines is 2. The number of carbonyl (C=O) groups is 1. The monoisotopic (exact) mass is 246 g/mol. The van der Waals surface area contributed by atoms with Gasteiger partial charge in [0, 0.05) is 14.1 Å². The number of hydrogen-bond donors (Lipinski definition) is 1. The van der Waals surface area contributed by atoms with Crippen LogP contribution in [0.2, 0.25) is 0 Å². The Hall–Kier alpha value is -1.81. The highest BCUT2D eigenvalue weighted by Crippen LogP contribution is 2.24. The van der Waals surface area contributed by atoms with Crippen molar-refractivity contribution >= 4 is 28.6 Å². The highest BCUT2D eigenvalue weighted by molar-refractivity contribution is 7.12. The van der Waals surface area contributed by atoms with Crippen molar-refractivity contribution in [2.45, 2.75) is 0 Å². The molecule has 4 heteroatoms. The summed E-state index contributed by atoms with van der Waals surface area (Å²) in [5.74, 6) is -0.0608. The molecule has 0 saturated heterocycles. The molecule has 0 atom stereocenters. The molecule has 0 bridgehead atoms. The first-order valence-electron chi connectivity index (χ1n) is 5.29. The number of carbonyl (C=O) groups excluding carboxylic acids is 1. The topological polar surface area (TPSA) is 32.3 Å². The zero-order valence-corrected chi connectivity index (χ0v) is 10.6. The van der Waals surface area contributed by atoms with E-state index in [2.05, 4.69) is 5.32 Å². The van der Waals surface area contributed by atoms with Gasteiger partial charge in [-0.3, -0.25) is 4.79 Å². The van der Waals surface area contributed by atoms with Gasteiger partial charge in [-0.2, -0.15) is 0 Å². The Labute approximate surface area is 105 Å². The molecule has 2 rings (SSSR count). The first-order chi connectivity index (χ1) is 8.18. The van der Waals surface area contributed by atoms with Gasteiger partial charge < -0.3 is 10.2 Å². The van der Waals surface area contributed by atoms with Gasteiger partial charge in [0.2, 0.25) is 0 Å². The third-order valence-corrected chi connectivity index (χ3v) is 3.25. The van der Waals surface area contributed by atoms with Crippen molar-refractivity contribution in [3.63, 3.8) is 0 Å². The number of hydrogen-bond acceptors (Lipinski definition) is 3. The van der Waals surface area contributed by atoms with E-state index in [0.29, 0.717) is 0 Å². The summed E-state index contributed by atoms with van der Waals surface area (Å²) in [6, 6.07) is 11.4. The summed E-state index contributed by atoms with van der Waals surface area (Å²) in [4.78, 5) is 14.6. The maximum absolute atomic E-state index is 11.9. The lowest BCUT2D eigenvalue weighted by molar-refractivity contribution is 0.103. The fraction of sp³-hybridized carbons (Fsp3) is 0.154. The Morgan fingerprint density at radius 3 is 2.59 bits per heavy atom. The summed E-state index contributed by atoms with van der Waals surface area (Å²) in [7, 11) is 3.91. The molecule has 1 aromatic carbocycles. The van der Waals surface area contributed by atoms with Gasteiger partial charge in [-0.25, -0.2) is 0 Å². The molecule has 0 unspecified atom stereocenters. The first kappa shape index (κ1) is 11.7. The normalized spacial score (nSPS) is 10.0. The fourth-order valence-corrected chi connectivity index (χ4v) is 2.18. The van der Waals surface area contributed by atoms with Crippen LogP contribution in [0.15, 0.2) is 41.8 Å². The van der Waals surface area contributed by atoms with E-state index in [1.165, 1.54) is 11.3 Å². The molecule has 0 saturated carbocycles. The van der Waals surface area contributed by atoms with Crippen molar-refractivity contribution in [3.05, 3.63) is 46.7 Å². The maximum Gasteiger partial charge on any atom is 0.265 e. The van der Waals surface area contributed by atoms with E-state index >= 15 is 0 Å². The average molecular weight is 246 g/mol. The van der Waals surface area contributed by atoms with Gasteiger partial charge in [-0.15, -0.1) is 11.3 Å². The largest absolute Gasteiger partial charge is 0.376 e. The Kier molecular flexibility index (Phi) is 3.44. The summed E-state index contributed by atoms with van der Waals surface area (Å²) >= 11 is 1.44. The molecule has 1 N–H and O–H groups in total. The second-order valence-electron chi connectivity index (χ2n) is 3.84. The Morgan fingerprint density at radius 2 is 1.94 bits per heavy atom. The van der Waals surface area contributed by atoms with E-state index < -0.39 is 0 Å². The molecule has 0 aliphatic carbocycles.